The number of nitrogens with two attached hydrogens (primary N) is 1. The molecule has 3 rings (SSSR count). The van der Waals surface area contributed by atoms with Crippen LogP contribution in [0.3, 0.4) is 0 Å². The van der Waals surface area contributed by atoms with E-state index in [9.17, 15) is 58.8 Å². The van der Waals surface area contributed by atoms with Crippen molar-refractivity contribution in [3.05, 3.63) is 47.1 Å². The summed E-state index contributed by atoms with van der Waals surface area (Å²) < 4.78 is 64.6. The molecule has 12 atom stereocenters. The standard InChI is InChI=1S/C46H79N3O19P2/c1-4-5-14-20-33(50)24-25-37-43(55)44(56)38-31-64-70(60,61)68-69(58,59)63-30-34(65-41(53)23-18-11-9-7-6-8-10-15-19-32(2)3)29-62-40(52)22-17-13-12-16-21-35(36(51)28-42(54)66-37)45(67-38)49-27-26-39(47)48-46(49)57/h12,16,24-27,32-38,42-45,50-51,54-56H,4-11,13-15,17-23,28-31H2,1-3H3,(H,58,59)(H,60,61)(H2,47,48,57)/t33-,34+,35-,36-,37+,38+,42?,43-,44+,45+/m0/s1. The molecule has 0 aromatic carbocycles. The number of allylic oxidation sites excluding steroid dienone is 2. The molecule has 22 nitrogen and oxygen atoms in total. The summed E-state index contributed by atoms with van der Waals surface area (Å²) in [6, 6.07) is 1.22. The maximum absolute atomic E-state index is 13.4. The van der Waals surface area contributed by atoms with Gasteiger partial charge >= 0.3 is 33.3 Å². The molecule has 1 aromatic heterocycles. The Morgan fingerprint density at radius 3 is 2.23 bits per heavy atom. The second-order valence-electron chi connectivity index (χ2n) is 18.3. The number of hydrogen-bond acceptors (Lipinski definition) is 19. The number of phosphoric ester groups is 2. The predicted octanol–water partition coefficient (Wildman–Crippen LogP) is 5.41. The molecule has 9 N–H and O–H groups in total. The summed E-state index contributed by atoms with van der Waals surface area (Å²) >= 11 is 0. The number of fused-ring (bicyclic) bond motifs is 3. The van der Waals surface area contributed by atoms with E-state index in [2.05, 4.69) is 23.1 Å². The van der Waals surface area contributed by atoms with E-state index < -0.39 is 121 Å². The Kier molecular flexibility index (Phi) is 28.3. The van der Waals surface area contributed by atoms with Gasteiger partial charge in [-0.2, -0.15) is 9.29 Å². The normalized spacial score (nSPS) is 31.1. The third-order valence-corrected chi connectivity index (χ3v) is 14.4. The molecule has 70 heavy (non-hydrogen) atoms. The molecule has 2 bridgehead atoms. The zero-order chi connectivity index (χ0) is 51.7. The van der Waals surface area contributed by atoms with Crippen LogP contribution in [-0.2, 0) is 51.0 Å². The van der Waals surface area contributed by atoms with E-state index in [-0.39, 0.29) is 37.9 Å². The molecule has 0 spiro atoms. The SMILES string of the molecule is CCCCC[C@H](O)C=C[C@H]1OC(O)C[C@H](O)[C@@H]2CC=CCCCC(=O)OC[C@@H](OC(=O)CCCCCCCCCCC(C)C)COP(=O)(O)OP(=O)(O)OC[C@@H](O[C@H]2n2ccc(N)nc2=O)[C@@H](O)[C@H]1O. The molecule has 0 aliphatic carbocycles. The van der Waals surface area contributed by atoms with Crippen LogP contribution in [0.2, 0.25) is 0 Å². The van der Waals surface area contributed by atoms with Crippen molar-refractivity contribution >= 4 is 33.4 Å². The molecule has 3 unspecified atom stereocenters. The maximum atomic E-state index is 13.4. The van der Waals surface area contributed by atoms with E-state index in [0.717, 1.165) is 55.7 Å². The highest BCUT2D eigenvalue weighted by Crippen LogP contribution is 2.60. The van der Waals surface area contributed by atoms with Crippen molar-refractivity contribution in [2.75, 3.05) is 25.6 Å². The number of carbonyl (C=O) groups is 2. The van der Waals surface area contributed by atoms with Crippen molar-refractivity contribution in [1.82, 2.24) is 9.55 Å². The van der Waals surface area contributed by atoms with E-state index in [0.29, 0.717) is 25.2 Å². The molecule has 1 aromatic rings. The number of nitrogens with zero attached hydrogens (tertiary/aromatic N) is 2. The number of cyclic esters (lactones) is 1. The van der Waals surface area contributed by atoms with Crippen molar-refractivity contribution in [1.29, 1.82) is 0 Å². The first-order chi connectivity index (χ1) is 33.2. The van der Waals surface area contributed by atoms with Gasteiger partial charge in [-0.25, -0.2) is 13.9 Å². The third-order valence-electron chi connectivity index (χ3n) is 11.8. The number of nitrogen functional groups attached to an aromatic ring is 1. The lowest BCUT2D eigenvalue weighted by Gasteiger charge is -2.36. The molecule has 1 fully saturated rings. The van der Waals surface area contributed by atoms with Gasteiger partial charge in [-0.3, -0.25) is 23.2 Å². The Morgan fingerprint density at radius 2 is 1.56 bits per heavy atom. The second kappa shape index (κ2) is 32.3. The van der Waals surface area contributed by atoms with Crippen molar-refractivity contribution in [2.24, 2.45) is 11.8 Å². The summed E-state index contributed by atoms with van der Waals surface area (Å²) in [5.74, 6) is -2.17. The van der Waals surface area contributed by atoms with Crippen LogP contribution in [0.5, 0.6) is 0 Å². The van der Waals surface area contributed by atoms with Crippen molar-refractivity contribution in [2.45, 2.75) is 198 Å². The van der Waals surface area contributed by atoms with Gasteiger partial charge < -0.3 is 60.0 Å². The van der Waals surface area contributed by atoms with Crippen LogP contribution in [-0.4, -0.2) is 126 Å². The number of aliphatic hydroxyl groups excluding tert-OH is 5. The van der Waals surface area contributed by atoms with Gasteiger partial charge in [0.25, 0.3) is 0 Å². The highest BCUT2D eigenvalue weighted by atomic mass is 31.3. The van der Waals surface area contributed by atoms with Gasteiger partial charge in [-0.05, 0) is 44.1 Å². The number of anilines is 1. The molecule has 24 heteroatoms. The largest absolute Gasteiger partial charge is 0.481 e. The predicted molar refractivity (Wildman–Crippen MR) is 255 cm³/mol. The summed E-state index contributed by atoms with van der Waals surface area (Å²) in [4.78, 5) is 64.1. The minimum absolute atomic E-state index is 0.00508. The first kappa shape index (κ1) is 61.4. The lowest BCUT2D eigenvalue weighted by Crippen LogP contribution is -2.49. The van der Waals surface area contributed by atoms with Crippen LogP contribution in [0.1, 0.15) is 149 Å². The van der Waals surface area contributed by atoms with Crippen molar-refractivity contribution in [3.8, 4) is 0 Å². The average molecular weight is 1040 g/mol. The third kappa shape index (κ3) is 24.2. The van der Waals surface area contributed by atoms with Gasteiger partial charge in [-0.1, -0.05) is 116 Å². The molecule has 2 aliphatic rings. The molecule has 402 valence electrons. The van der Waals surface area contributed by atoms with Gasteiger partial charge in [0.05, 0.1) is 25.4 Å². The molecule has 0 saturated carbocycles. The number of hydrogen-bond donors (Lipinski definition) is 8. The van der Waals surface area contributed by atoms with E-state index in [4.69, 9.17) is 33.7 Å². The van der Waals surface area contributed by atoms with Crippen LogP contribution in [0.15, 0.2) is 41.4 Å². The highest BCUT2D eigenvalue weighted by Gasteiger charge is 2.44. The van der Waals surface area contributed by atoms with Crippen LogP contribution >= 0.6 is 15.6 Å². The smallest absolute Gasteiger partial charge is 0.462 e. The zero-order valence-electron chi connectivity index (χ0n) is 40.8. The Bertz CT molecular complexity index is 1900. The van der Waals surface area contributed by atoms with Gasteiger partial charge in [0.15, 0.2) is 12.4 Å². The number of unbranched alkanes of at least 4 members (excludes halogenated alkanes) is 9. The first-order valence-electron chi connectivity index (χ1n) is 24.6. The first-order valence-corrected chi connectivity index (χ1v) is 27.6. The van der Waals surface area contributed by atoms with Crippen molar-refractivity contribution in [3.63, 3.8) is 0 Å². The molecule has 1 saturated heterocycles. The fourth-order valence-corrected chi connectivity index (χ4v) is 9.93. The Labute approximate surface area is 410 Å². The molecule has 0 radical (unpaired) electrons. The number of aliphatic hydroxyl groups is 5. The van der Waals surface area contributed by atoms with Gasteiger partial charge in [-0.15, -0.1) is 0 Å². The molecule has 3 heterocycles. The fraction of sp³-hybridized carbons (Fsp3) is 0.783. The molecular formula is C46H79N3O19P2. The minimum atomic E-state index is -5.73. The summed E-state index contributed by atoms with van der Waals surface area (Å²) in [6.07, 6.45) is 2.81. The quantitative estimate of drug-likeness (QED) is 0.0372. The molecule has 2 aliphatic heterocycles. The lowest BCUT2D eigenvalue weighted by atomic mass is 9.92. The number of aromatic nitrogens is 2. The summed E-state index contributed by atoms with van der Waals surface area (Å²) in [5.41, 5.74) is 4.75. The van der Waals surface area contributed by atoms with E-state index >= 15 is 0 Å². The van der Waals surface area contributed by atoms with Gasteiger partial charge in [0, 0.05) is 31.4 Å². The number of esters is 2. The summed E-state index contributed by atoms with van der Waals surface area (Å²) in [7, 11) is -11.3. The van der Waals surface area contributed by atoms with Gasteiger partial charge in [0.1, 0.15) is 43.1 Å². The fourth-order valence-electron chi connectivity index (χ4n) is 7.82. The average Bonchev–Trinajstić information content (AvgIpc) is 3.29. The maximum Gasteiger partial charge on any atom is 0.481 e. The Hall–Kier alpha value is -2.92. The summed E-state index contributed by atoms with van der Waals surface area (Å²) in [5, 5.41) is 56.8. The number of phosphoric acid groups is 2. The number of carbonyl (C=O) groups excluding carboxylic acids is 2. The molecular weight excluding hydrogens is 960 g/mol. The summed E-state index contributed by atoms with van der Waals surface area (Å²) in [6.45, 7) is 3.62. The van der Waals surface area contributed by atoms with Crippen LogP contribution < -0.4 is 11.4 Å². The zero-order valence-corrected chi connectivity index (χ0v) is 42.6. The van der Waals surface area contributed by atoms with Crippen LogP contribution in [0.4, 0.5) is 5.82 Å². The lowest BCUT2D eigenvalue weighted by molar-refractivity contribution is -0.192. The van der Waals surface area contributed by atoms with E-state index in [1.165, 1.54) is 37.5 Å². The van der Waals surface area contributed by atoms with E-state index in [1.54, 1.807) is 12.2 Å². The topological polar surface area (TPSA) is 335 Å². The molecule has 0 amide bonds. The highest BCUT2D eigenvalue weighted by molar-refractivity contribution is 7.61. The Balaban J connectivity index is 1.91. The minimum Gasteiger partial charge on any atom is -0.462 e. The monoisotopic (exact) mass is 1040 g/mol. The van der Waals surface area contributed by atoms with E-state index in [1.807, 2.05) is 6.92 Å². The Morgan fingerprint density at radius 1 is 0.900 bits per heavy atom. The number of rotatable bonds is 19. The van der Waals surface area contributed by atoms with Crippen LogP contribution in [0.25, 0.3) is 0 Å². The van der Waals surface area contributed by atoms with Crippen molar-refractivity contribution < 1.29 is 86.3 Å². The van der Waals surface area contributed by atoms with Crippen LogP contribution in [0, 0.1) is 11.8 Å². The number of ether oxygens (including phenoxy) is 4. The second-order valence-corrected chi connectivity index (χ2v) is 21.4. The van der Waals surface area contributed by atoms with Gasteiger partial charge in [0.2, 0.25) is 0 Å².